The summed E-state index contributed by atoms with van der Waals surface area (Å²) in [4.78, 5) is 0. The normalized spacial score (nSPS) is 13.7. The van der Waals surface area contributed by atoms with Gasteiger partial charge in [0.15, 0.2) is 0 Å². The first-order chi connectivity index (χ1) is 8.36. The summed E-state index contributed by atoms with van der Waals surface area (Å²) in [5, 5.41) is 21.0. The average molecular weight is 320 g/mol. The molecule has 18 heavy (non-hydrogen) atoms. The van der Waals surface area contributed by atoms with E-state index in [0.29, 0.717) is 12.1 Å². The van der Waals surface area contributed by atoms with Gasteiger partial charge in [0.2, 0.25) is 0 Å². The summed E-state index contributed by atoms with van der Waals surface area (Å²) in [6.07, 6.45) is -0.784. The Morgan fingerprint density at radius 2 is 2.11 bits per heavy atom. The molecule has 0 radical (unpaired) electrons. The lowest BCUT2D eigenvalue weighted by Crippen LogP contribution is -2.38. The molecule has 5 heteroatoms. The van der Waals surface area contributed by atoms with E-state index in [1.165, 1.54) is 6.07 Å². The van der Waals surface area contributed by atoms with Crippen molar-refractivity contribution >= 4 is 15.9 Å². The zero-order valence-corrected chi connectivity index (χ0v) is 12.2. The Kier molecular flexibility index (Phi) is 5.72. The maximum Gasteiger partial charge on any atom is 0.127 e. The SMILES string of the molecule is CC(C)(CNCC(O)CO)c1cc(Br)ccc1F. The van der Waals surface area contributed by atoms with Crippen LogP contribution in [0.3, 0.4) is 0 Å². The highest BCUT2D eigenvalue weighted by Crippen LogP contribution is 2.27. The minimum atomic E-state index is -0.784. The fourth-order valence-corrected chi connectivity index (χ4v) is 2.09. The van der Waals surface area contributed by atoms with Gasteiger partial charge in [-0.05, 0) is 23.8 Å². The van der Waals surface area contributed by atoms with Crippen LogP contribution in [0.25, 0.3) is 0 Å². The molecule has 1 atom stereocenters. The van der Waals surface area contributed by atoms with Crippen molar-refractivity contribution in [2.75, 3.05) is 19.7 Å². The number of aliphatic hydroxyl groups is 2. The summed E-state index contributed by atoms with van der Waals surface area (Å²) >= 11 is 3.33. The van der Waals surface area contributed by atoms with Crippen LogP contribution in [0, 0.1) is 5.82 Å². The molecule has 0 fully saturated rings. The zero-order chi connectivity index (χ0) is 13.8. The van der Waals surface area contributed by atoms with Crippen molar-refractivity contribution in [1.82, 2.24) is 5.32 Å². The monoisotopic (exact) mass is 319 g/mol. The standard InChI is InChI=1S/C13H19BrFNO2/c1-13(2,8-16-6-10(18)7-17)11-5-9(14)3-4-12(11)15/h3-5,10,16-18H,6-8H2,1-2H3. The van der Waals surface area contributed by atoms with Gasteiger partial charge in [0.1, 0.15) is 5.82 Å². The topological polar surface area (TPSA) is 52.5 Å². The highest BCUT2D eigenvalue weighted by atomic mass is 79.9. The molecule has 0 saturated carbocycles. The van der Waals surface area contributed by atoms with Crippen molar-refractivity contribution in [2.24, 2.45) is 0 Å². The number of hydrogen-bond donors (Lipinski definition) is 3. The van der Waals surface area contributed by atoms with Crippen LogP contribution in [0.1, 0.15) is 19.4 Å². The molecule has 1 unspecified atom stereocenters. The Hall–Kier alpha value is -0.490. The summed E-state index contributed by atoms with van der Waals surface area (Å²) in [5.74, 6) is -0.243. The first kappa shape index (κ1) is 15.6. The van der Waals surface area contributed by atoms with E-state index in [9.17, 15) is 9.50 Å². The molecule has 0 aromatic heterocycles. The molecule has 0 aliphatic heterocycles. The lowest BCUT2D eigenvalue weighted by Gasteiger charge is -2.27. The van der Waals surface area contributed by atoms with Gasteiger partial charge in [-0.25, -0.2) is 4.39 Å². The highest BCUT2D eigenvalue weighted by molar-refractivity contribution is 9.10. The zero-order valence-electron chi connectivity index (χ0n) is 10.6. The van der Waals surface area contributed by atoms with Gasteiger partial charge in [0, 0.05) is 23.0 Å². The molecular formula is C13H19BrFNO2. The predicted octanol–water partition coefficient (Wildman–Crippen LogP) is 1.81. The Morgan fingerprint density at radius 3 is 2.72 bits per heavy atom. The predicted molar refractivity (Wildman–Crippen MR) is 73.1 cm³/mol. The molecule has 0 heterocycles. The van der Waals surface area contributed by atoms with Crippen LogP contribution in [0.4, 0.5) is 4.39 Å². The minimum Gasteiger partial charge on any atom is -0.394 e. The number of nitrogens with one attached hydrogen (secondary N) is 1. The van der Waals surface area contributed by atoms with Gasteiger partial charge in [-0.1, -0.05) is 29.8 Å². The largest absolute Gasteiger partial charge is 0.394 e. The van der Waals surface area contributed by atoms with Crippen LogP contribution in [-0.2, 0) is 5.41 Å². The van der Waals surface area contributed by atoms with E-state index in [-0.39, 0.29) is 19.0 Å². The van der Waals surface area contributed by atoms with E-state index in [2.05, 4.69) is 21.2 Å². The van der Waals surface area contributed by atoms with Crippen molar-refractivity contribution < 1.29 is 14.6 Å². The van der Waals surface area contributed by atoms with Gasteiger partial charge < -0.3 is 15.5 Å². The second kappa shape index (κ2) is 6.61. The van der Waals surface area contributed by atoms with Crippen LogP contribution in [-0.4, -0.2) is 36.0 Å². The fourth-order valence-electron chi connectivity index (χ4n) is 1.73. The van der Waals surface area contributed by atoms with Crippen molar-refractivity contribution in [3.8, 4) is 0 Å². The molecule has 0 amide bonds. The Labute approximate surface area is 115 Å². The van der Waals surface area contributed by atoms with E-state index in [4.69, 9.17) is 5.11 Å². The van der Waals surface area contributed by atoms with Crippen molar-refractivity contribution in [2.45, 2.75) is 25.4 Å². The molecule has 1 aromatic carbocycles. The van der Waals surface area contributed by atoms with E-state index < -0.39 is 11.5 Å². The van der Waals surface area contributed by atoms with E-state index in [1.54, 1.807) is 12.1 Å². The van der Waals surface area contributed by atoms with Crippen molar-refractivity contribution in [1.29, 1.82) is 0 Å². The summed E-state index contributed by atoms with van der Waals surface area (Å²) < 4.78 is 14.6. The third-order valence-corrected chi connectivity index (χ3v) is 3.31. The molecule has 1 rings (SSSR count). The number of halogens is 2. The molecule has 0 aliphatic carbocycles. The Balaban J connectivity index is 2.70. The Morgan fingerprint density at radius 1 is 1.44 bits per heavy atom. The maximum atomic E-state index is 13.8. The van der Waals surface area contributed by atoms with Crippen LogP contribution >= 0.6 is 15.9 Å². The minimum absolute atomic E-state index is 0.243. The smallest absolute Gasteiger partial charge is 0.127 e. The van der Waals surface area contributed by atoms with E-state index >= 15 is 0 Å². The van der Waals surface area contributed by atoms with Gasteiger partial charge >= 0.3 is 0 Å². The molecular weight excluding hydrogens is 301 g/mol. The second-order valence-corrected chi connectivity index (χ2v) is 5.89. The quantitative estimate of drug-likeness (QED) is 0.749. The first-order valence-corrected chi connectivity index (χ1v) is 6.61. The third-order valence-electron chi connectivity index (χ3n) is 2.82. The van der Waals surface area contributed by atoms with Crippen LogP contribution in [0.15, 0.2) is 22.7 Å². The molecule has 0 bridgehead atoms. The number of aliphatic hydroxyl groups excluding tert-OH is 2. The van der Waals surface area contributed by atoms with Crippen LogP contribution < -0.4 is 5.32 Å². The van der Waals surface area contributed by atoms with E-state index in [0.717, 1.165) is 4.47 Å². The number of hydrogen-bond acceptors (Lipinski definition) is 3. The van der Waals surface area contributed by atoms with Crippen molar-refractivity contribution in [3.63, 3.8) is 0 Å². The summed E-state index contributed by atoms with van der Waals surface area (Å²) in [5.41, 5.74) is 0.214. The molecule has 3 N–H and O–H groups in total. The molecule has 102 valence electrons. The second-order valence-electron chi connectivity index (χ2n) is 4.98. The third kappa shape index (κ3) is 4.31. The van der Waals surface area contributed by atoms with Crippen LogP contribution in [0.5, 0.6) is 0 Å². The van der Waals surface area contributed by atoms with Gasteiger partial charge in [-0.3, -0.25) is 0 Å². The van der Waals surface area contributed by atoms with Gasteiger partial charge in [0.05, 0.1) is 12.7 Å². The molecule has 0 aliphatic rings. The number of benzene rings is 1. The number of rotatable bonds is 6. The molecule has 3 nitrogen and oxygen atoms in total. The van der Waals surface area contributed by atoms with E-state index in [1.807, 2.05) is 13.8 Å². The lowest BCUT2D eigenvalue weighted by atomic mass is 9.84. The summed E-state index contributed by atoms with van der Waals surface area (Å²) in [6.45, 7) is 4.37. The molecule has 0 spiro atoms. The summed E-state index contributed by atoms with van der Waals surface area (Å²) in [6, 6.07) is 4.86. The molecule has 0 saturated heterocycles. The van der Waals surface area contributed by atoms with Crippen molar-refractivity contribution in [3.05, 3.63) is 34.1 Å². The maximum absolute atomic E-state index is 13.8. The van der Waals surface area contributed by atoms with Gasteiger partial charge in [-0.15, -0.1) is 0 Å². The highest BCUT2D eigenvalue weighted by Gasteiger charge is 2.24. The first-order valence-electron chi connectivity index (χ1n) is 5.82. The van der Waals surface area contributed by atoms with Gasteiger partial charge in [0.25, 0.3) is 0 Å². The average Bonchev–Trinajstić information content (AvgIpc) is 2.31. The Bertz CT molecular complexity index is 399. The van der Waals surface area contributed by atoms with Gasteiger partial charge in [-0.2, -0.15) is 0 Å². The summed E-state index contributed by atoms with van der Waals surface area (Å²) in [7, 11) is 0. The lowest BCUT2D eigenvalue weighted by molar-refractivity contribution is 0.0934. The fraction of sp³-hybridized carbons (Fsp3) is 0.538. The van der Waals surface area contributed by atoms with Crippen LogP contribution in [0.2, 0.25) is 0 Å². The molecule has 1 aromatic rings.